The van der Waals surface area contributed by atoms with Gasteiger partial charge in [-0.1, -0.05) is 11.6 Å². The number of nitrogens with two attached hydrogens (primary N) is 2. The second-order valence-electron chi connectivity index (χ2n) is 4.15. The zero-order valence-electron chi connectivity index (χ0n) is 10.1. The molecular formula is C13H12ClF2N3. The van der Waals surface area contributed by atoms with Crippen molar-refractivity contribution in [2.75, 3.05) is 16.8 Å². The second kappa shape index (κ2) is 4.93. The van der Waals surface area contributed by atoms with Gasteiger partial charge in [-0.15, -0.1) is 0 Å². The van der Waals surface area contributed by atoms with Gasteiger partial charge in [0.05, 0.1) is 17.1 Å². The van der Waals surface area contributed by atoms with Gasteiger partial charge in [0.2, 0.25) is 0 Å². The molecule has 3 nitrogen and oxygen atoms in total. The summed E-state index contributed by atoms with van der Waals surface area (Å²) in [5, 5.41) is 2.57. The highest BCUT2D eigenvalue weighted by molar-refractivity contribution is 6.33. The average molecular weight is 284 g/mol. The number of nitrogens with one attached hydrogen (secondary N) is 1. The molecule has 0 heterocycles. The monoisotopic (exact) mass is 283 g/mol. The van der Waals surface area contributed by atoms with E-state index < -0.39 is 5.82 Å². The van der Waals surface area contributed by atoms with Crippen molar-refractivity contribution >= 4 is 34.4 Å². The van der Waals surface area contributed by atoms with Crippen LogP contribution in [0.25, 0.3) is 0 Å². The van der Waals surface area contributed by atoms with E-state index in [0.29, 0.717) is 11.3 Å². The molecule has 0 saturated heterocycles. The first-order chi connectivity index (χ1) is 8.90. The molecule has 2 rings (SSSR count). The Labute approximate surface area is 114 Å². The van der Waals surface area contributed by atoms with E-state index in [1.54, 1.807) is 13.0 Å². The van der Waals surface area contributed by atoms with Crippen molar-refractivity contribution in [3.63, 3.8) is 0 Å². The number of anilines is 4. The van der Waals surface area contributed by atoms with Gasteiger partial charge in [0.15, 0.2) is 5.82 Å². The normalized spacial score (nSPS) is 10.5. The predicted molar refractivity (Wildman–Crippen MR) is 74.7 cm³/mol. The minimum atomic E-state index is -0.735. The van der Waals surface area contributed by atoms with Crippen LogP contribution in [0, 0.1) is 18.6 Å². The molecule has 0 aromatic heterocycles. The van der Waals surface area contributed by atoms with Gasteiger partial charge >= 0.3 is 0 Å². The first kappa shape index (κ1) is 13.4. The predicted octanol–water partition coefficient (Wildman–Crippen LogP) is 3.83. The molecule has 2 aromatic carbocycles. The molecule has 0 aliphatic heterocycles. The Morgan fingerprint density at radius 1 is 1.11 bits per heavy atom. The molecule has 0 bridgehead atoms. The van der Waals surface area contributed by atoms with E-state index in [1.165, 1.54) is 18.2 Å². The standard InChI is InChI=1S/C13H12ClF2N3/c1-6-4-7(2-3-8(6)15)19-13-10(18)5-9(17)11(14)12(13)16/h2-5,19H,17-18H2,1H3. The Morgan fingerprint density at radius 2 is 1.79 bits per heavy atom. The van der Waals surface area contributed by atoms with Gasteiger partial charge in [-0.2, -0.15) is 0 Å². The highest BCUT2D eigenvalue weighted by Gasteiger charge is 2.14. The lowest BCUT2D eigenvalue weighted by molar-refractivity contribution is 0.618. The summed E-state index contributed by atoms with van der Waals surface area (Å²) in [6.07, 6.45) is 0. The largest absolute Gasteiger partial charge is 0.397 e. The molecule has 0 aliphatic rings. The van der Waals surface area contributed by atoms with Crippen molar-refractivity contribution in [2.24, 2.45) is 0 Å². The van der Waals surface area contributed by atoms with Crippen molar-refractivity contribution in [3.05, 3.63) is 46.5 Å². The Hall–Kier alpha value is -2.01. The highest BCUT2D eigenvalue weighted by atomic mass is 35.5. The molecule has 0 saturated carbocycles. The summed E-state index contributed by atoms with van der Waals surface area (Å²) in [6.45, 7) is 1.61. The average Bonchev–Trinajstić information content (AvgIpc) is 2.36. The zero-order chi connectivity index (χ0) is 14.2. The number of rotatable bonds is 2. The minimum Gasteiger partial charge on any atom is -0.397 e. The summed E-state index contributed by atoms with van der Waals surface area (Å²) in [6, 6.07) is 5.67. The Kier molecular flexibility index (Phi) is 3.48. The molecule has 0 atom stereocenters. The van der Waals surface area contributed by atoms with Gasteiger partial charge in [0.25, 0.3) is 0 Å². The summed E-state index contributed by atoms with van der Waals surface area (Å²) in [5.74, 6) is -1.07. The topological polar surface area (TPSA) is 64.1 Å². The molecule has 5 N–H and O–H groups in total. The van der Waals surface area contributed by atoms with Gasteiger partial charge in [-0.25, -0.2) is 8.78 Å². The summed E-state index contributed by atoms with van der Waals surface area (Å²) in [5.41, 5.74) is 12.3. The van der Waals surface area contributed by atoms with Crippen LogP contribution in [0.4, 0.5) is 31.5 Å². The molecule has 19 heavy (non-hydrogen) atoms. The lowest BCUT2D eigenvalue weighted by Crippen LogP contribution is -2.03. The molecule has 6 heteroatoms. The lowest BCUT2D eigenvalue weighted by Gasteiger charge is -2.13. The first-order valence-electron chi connectivity index (χ1n) is 5.46. The maximum atomic E-state index is 14.0. The van der Waals surface area contributed by atoms with Gasteiger partial charge in [-0.05, 0) is 36.8 Å². The van der Waals surface area contributed by atoms with E-state index in [2.05, 4.69) is 5.32 Å². The van der Waals surface area contributed by atoms with Crippen LogP contribution in [0.1, 0.15) is 5.56 Å². The van der Waals surface area contributed by atoms with Crippen LogP contribution < -0.4 is 16.8 Å². The second-order valence-corrected chi connectivity index (χ2v) is 4.52. The van der Waals surface area contributed by atoms with E-state index in [4.69, 9.17) is 23.1 Å². The number of benzene rings is 2. The minimum absolute atomic E-state index is 0.0187. The maximum Gasteiger partial charge on any atom is 0.169 e. The smallest absolute Gasteiger partial charge is 0.169 e. The van der Waals surface area contributed by atoms with E-state index in [1.807, 2.05) is 0 Å². The Morgan fingerprint density at radius 3 is 2.42 bits per heavy atom. The van der Waals surface area contributed by atoms with Crippen molar-refractivity contribution in [1.29, 1.82) is 0 Å². The van der Waals surface area contributed by atoms with Gasteiger partial charge < -0.3 is 16.8 Å². The lowest BCUT2D eigenvalue weighted by atomic mass is 10.2. The SMILES string of the molecule is Cc1cc(Nc2c(N)cc(N)c(Cl)c2F)ccc1F. The first-order valence-corrected chi connectivity index (χ1v) is 5.84. The van der Waals surface area contributed by atoms with Crippen LogP contribution in [0.2, 0.25) is 5.02 Å². The third-order valence-electron chi connectivity index (χ3n) is 2.69. The molecule has 0 amide bonds. The van der Waals surface area contributed by atoms with E-state index >= 15 is 0 Å². The van der Waals surface area contributed by atoms with Crippen LogP contribution in [-0.2, 0) is 0 Å². The van der Waals surface area contributed by atoms with Gasteiger partial charge in [0.1, 0.15) is 10.8 Å². The van der Waals surface area contributed by atoms with Gasteiger partial charge in [-0.3, -0.25) is 0 Å². The van der Waals surface area contributed by atoms with Crippen LogP contribution in [0.5, 0.6) is 0 Å². The Bertz CT molecular complexity index is 644. The van der Waals surface area contributed by atoms with Crippen LogP contribution in [0.15, 0.2) is 24.3 Å². The number of hydrogen-bond acceptors (Lipinski definition) is 3. The summed E-state index contributed by atoms with van der Waals surface area (Å²) < 4.78 is 27.1. The van der Waals surface area contributed by atoms with Gasteiger partial charge in [0, 0.05) is 5.69 Å². The molecule has 100 valence electrons. The fraction of sp³-hybridized carbons (Fsp3) is 0.0769. The fourth-order valence-corrected chi connectivity index (χ4v) is 1.81. The van der Waals surface area contributed by atoms with Crippen LogP contribution in [0.3, 0.4) is 0 Å². The Balaban J connectivity index is 2.43. The number of nitrogen functional groups attached to an aromatic ring is 2. The summed E-state index contributed by atoms with van der Waals surface area (Å²) in [4.78, 5) is 0. The summed E-state index contributed by atoms with van der Waals surface area (Å²) in [7, 11) is 0. The van der Waals surface area contributed by atoms with Crippen LogP contribution in [-0.4, -0.2) is 0 Å². The molecule has 2 aromatic rings. The molecule has 0 aliphatic carbocycles. The molecule has 0 unspecified atom stereocenters. The quantitative estimate of drug-likeness (QED) is 0.734. The fourth-order valence-electron chi connectivity index (χ4n) is 1.66. The highest BCUT2D eigenvalue weighted by Crippen LogP contribution is 2.35. The van der Waals surface area contributed by atoms with Crippen molar-refractivity contribution in [1.82, 2.24) is 0 Å². The van der Waals surface area contributed by atoms with E-state index in [9.17, 15) is 8.78 Å². The molecule has 0 radical (unpaired) electrons. The van der Waals surface area contributed by atoms with Crippen molar-refractivity contribution < 1.29 is 8.78 Å². The zero-order valence-corrected chi connectivity index (χ0v) is 10.9. The summed E-state index contributed by atoms with van der Waals surface area (Å²) >= 11 is 5.72. The molecular weight excluding hydrogens is 272 g/mol. The molecule has 0 spiro atoms. The van der Waals surface area contributed by atoms with E-state index in [0.717, 1.165) is 0 Å². The molecule has 0 fully saturated rings. The third-order valence-corrected chi connectivity index (χ3v) is 3.08. The van der Waals surface area contributed by atoms with Crippen molar-refractivity contribution in [2.45, 2.75) is 6.92 Å². The number of aryl methyl sites for hydroxylation is 1. The third kappa shape index (κ3) is 2.56. The maximum absolute atomic E-state index is 14.0. The number of halogens is 3. The van der Waals surface area contributed by atoms with Crippen LogP contribution >= 0.6 is 11.6 Å². The number of hydrogen-bond donors (Lipinski definition) is 3. The van der Waals surface area contributed by atoms with E-state index in [-0.39, 0.29) is 27.9 Å². The van der Waals surface area contributed by atoms with Crippen molar-refractivity contribution in [3.8, 4) is 0 Å².